The lowest BCUT2D eigenvalue weighted by molar-refractivity contribution is 0.405. The Morgan fingerprint density at radius 3 is 2.53 bits per heavy atom. The van der Waals surface area contributed by atoms with E-state index in [1.807, 2.05) is 0 Å². The van der Waals surface area contributed by atoms with Crippen molar-refractivity contribution in [3.63, 3.8) is 0 Å². The largest absolute Gasteiger partial charge is 0.345 e. The van der Waals surface area contributed by atoms with Crippen molar-refractivity contribution < 1.29 is 0 Å². The summed E-state index contributed by atoms with van der Waals surface area (Å²) in [5.74, 6) is 2.63. The van der Waals surface area contributed by atoms with Crippen LogP contribution in [0.3, 0.4) is 0 Å². The Hall–Kier alpha value is -0.830. The van der Waals surface area contributed by atoms with Crippen LogP contribution in [0, 0.1) is 0 Å². The number of rotatable bonds is 3. The highest BCUT2D eigenvalue weighted by Crippen LogP contribution is 2.37. The summed E-state index contributed by atoms with van der Waals surface area (Å²) < 4.78 is 0. The predicted octanol–water partition coefficient (Wildman–Crippen LogP) is 1.93. The molecule has 2 heterocycles. The predicted molar refractivity (Wildman–Crippen MR) is 60.2 cm³/mol. The summed E-state index contributed by atoms with van der Waals surface area (Å²) in [7, 11) is 0. The first-order valence-electron chi connectivity index (χ1n) is 6.18. The molecule has 0 unspecified atom stereocenters. The minimum Gasteiger partial charge on any atom is -0.345 e. The van der Waals surface area contributed by atoms with Gasteiger partial charge in [0.25, 0.3) is 0 Å². The van der Waals surface area contributed by atoms with Crippen LogP contribution in [0.5, 0.6) is 0 Å². The molecule has 1 aromatic rings. The van der Waals surface area contributed by atoms with Crippen molar-refractivity contribution >= 4 is 0 Å². The third kappa shape index (κ3) is 1.49. The average Bonchev–Trinajstić information content (AvgIpc) is 2.42. The van der Waals surface area contributed by atoms with Crippen molar-refractivity contribution in [1.29, 1.82) is 0 Å². The Labute approximate surface area is 90.7 Å². The summed E-state index contributed by atoms with van der Waals surface area (Å²) >= 11 is 0. The fraction of sp³-hybridized carbons (Fsp3) is 0.750. The molecule has 82 valence electrons. The van der Waals surface area contributed by atoms with Gasteiger partial charge in [-0.2, -0.15) is 0 Å². The second-order valence-corrected chi connectivity index (χ2v) is 4.82. The van der Waals surface area contributed by atoms with Gasteiger partial charge in [0.15, 0.2) is 0 Å². The van der Waals surface area contributed by atoms with Gasteiger partial charge in [-0.1, -0.05) is 13.3 Å². The summed E-state index contributed by atoms with van der Waals surface area (Å²) in [4.78, 5) is 8.36. The summed E-state index contributed by atoms with van der Waals surface area (Å²) in [6.07, 6.45) is 5.18. The van der Waals surface area contributed by atoms with Gasteiger partial charge < -0.3 is 10.3 Å². The molecular weight excluding hydrogens is 186 g/mol. The van der Waals surface area contributed by atoms with E-state index in [4.69, 9.17) is 4.98 Å². The van der Waals surface area contributed by atoms with Crippen LogP contribution in [0.2, 0.25) is 0 Å². The molecule has 1 aliphatic carbocycles. The molecule has 3 nitrogen and oxygen atoms in total. The molecule has 15 heavy (non-hydrogen) atoms. The van der Waals surface area contributed by atoms with Crippen molar-refractivity contribution in [3.05, 3.63) is 17.2 Å². The van der Waals surface area contributed by atoms with E-state index in [1.165, 1.54) is 36.5 Å². The Morgan fingerprint density at radius 2 is 2.07 bits per heavy atom. The average molecular weight is 205 g/mol. The second-order valence-electron chi connectivity index (χ2n) is 4.82. The minimum atomic E-state index is 0.643. The van der Waals surface area contributed by atoms with Crippen LogP contribution in [0.1, 0.15) is 55.2 Å². The van der Waals surface area contributed by atoms with E-state index in [1.54, 1.807) is 0 Å². The van der Waals surface area contributed by atoms with Crippen molar-refractivity contribution in [2.45, 2.75) is 44.4 Å². The number of H-pyrrole nitrogens is 1. The highest BCUT2D eigenvalue weighted by Gasteiger charge is 2.28. The van der Waals surface area contributed by atoms with Gasteiger partial charge in [0.1, 0.15) is 5.82 Å². The summed E-state index contributed by atoms with van der Waals surface area (Å²) in [5.41, 5.74) is 2.77. The van der Waals surface area contributed by atoms with Gasteiger partial charge >= 0.3 is 0 Å². The lowest BCUT2D eigenvalue weighted by Crippen LogP contribution is -2.40. The van der Waals surface area contributed by atoms with Crippen LogP contribution >= 0.6 is 0 Å². The number of nitrogens with zero attached hydrogens (tertiary/aromatic N) is 1. The van der Waals surface area contributed by atoms with Crippen LogP contribution in [-0.4, -0.2) is 23.1 Å². The fourth-order valence-corrected chi connectivity index (χ4v) is 2.41. The SMILES string of the molecule is CCc1[nH]c(C2CNC2)nc1C1CCC1. The number of aromatic nitrogens is 2. The van der Waals surface area contributed by atoms with E-state index in [0.29, 0.717) is 5.92 Å². The molecule has 2 aliphatic rings. The first-order valence-corrected chi connectivity index (χ1v) is 6.18. The van der Waals surface area contributed by atoms with Gasteiger partial charge in [0.05, 0.1) is 5.69 Å². The lowest BCUT2D eigenvalue weighted by Gasteiger charge is -2.25. The van der Waals surface area contributed by atoms with Gasteiger partial charge in [0.2, 0.25) is 0 Å². The Bertz CT molecular complexity index is 348. The summed E-state index contributed by atoms with van der Waals surface area (Å²) in [6, 6.07) is 0. The minimum absolute atomic E-state index is 0.643. The third-order valence-corrected chi connectivity index (χ3v) is 3.84. The molecule has 2 fully saturated rings. The van der Waals surface area contributed by atoms with Crippen LogP contribution in [-0.2, 0) is 6.42 Å². The standard InChI is InChI=1S/C12H19N3/c1-2-10-11(8-4-3-5-8)15-12(14-10)9-6-13-7-9/h8-9,13H,2-7H2,1H3,(H,14,15). The summed E-state index contributed by atoms with van der Waals surface area (Å²) in [6.45, 7) is 4.42. The van der Waals surface area contributed by atoms with Gasteiger partial charge in [-0.25, -0.2) is 4.98 Å². The molecule has 1 saturated heterocycles. The van der Waals surface area contributed by atoms with E-state index < -0.39 is 0 Å². The number of hydrogen-bond acceptors (Lipinski definition) is 2. The van der Waals surface area contributed by atoms with Crippen LogP contribution in [0.25, 0.3) is 0 Å². The van der Waals surface area contributed by atoms with E-state index in [0.717, 1.165) is 25.4 Å². The molecule has 0 aromatic carbocycles. The quantitative estimate of drug-likeness (QED) is 0.791. The zero-order valence-electron chi connectivity index (χ0n) is 9.34. The topological polar surface area (TPSA) is 40.7 Å². The van der Waals surface area contributed by atoms with Crippen molar-refractivity contribution in [1.82, 2.24) is 15.3 Å². The molecular formula is C12H19N3. The van der Waals surface area contributed by atoms with Crippen molar-refractivity contribution in [3.8, 4) is 0 Å². The van der Waals surface area contributed by atoms with Crippen LogP contribution < -0.4 is 5.32 Å². The molecule has 3 heteroatoms. The summed E-state index contributed by atoms with van der Waals surface area (Å²) in [5, 5.41) is 3.30. The molecule has 1 aliphatic heterocycles. The molecule has 1 saturated carbocycles. The normalized spacial score (nSPS) is 22.5. The highest BCUT2D eigenvalue weighted by atomic mass is 15.0. The fourth-order valence-electron chi connectivity index (χ4n) is 2.41. The molecule has 0 radical (unpaired) electrons. The first-order chi connectivity index (χ1) is 7.38. The Kier molecular flexibility index (Phi) is 2.28. The van der Waals surface area contributed by atoms with Crippen LogP contribution in [0.4, 0.5) is 0 Å². The molecule has 0 bridgehead atoms. The van der Waals surface area contributed by atoms with E-state index in [2.05, 4.69) is 17.2 Å². The Morgan fingerprint density at radius 1 is 1.27 bits per heavy atom. The van der Waals surface area contributed by atoms with Crippen LogP contribution in [0.15, 0.2) is 0 Å². The molecule has 2 N–H and O–H groups in total. The van der Waals surface area contributed by atoms with Crippen molar-refractivity contribution in [2.24, 2.45) is 0 Å². The molecule has 0 spiro atoms. The number of imidazole rings is 1. The maximum absolute atomic E-state index is 4.83. The number of aromatic amines is 1. The number of nitrogens with one attached hydrogen (secondary N) is 2. The number of hydrogen-bond donors (Lipinski definition) is 2. The molecule has 1 aromatic heterocycles. The smallest absolute Gasteiger partial charge is 0.112 e. The van der Waals surface area contributed by atoms with Gasteiger partial charge in [-0.3, -0.25) is 0 Å². The lowest BCUT2D eigenvalue weighted by atomic mass is 9.82. The Balaban J connectivity index is 1.86. The molecule has 3 rings (SSSR count). The number of aryl methyl sites for hydroxylation is 1. The third-order valence-electron chi connectivity index (χ3n) is 3.84. The monoisotopic (exact) mass is 205 g/mol. The van der Waals surface area contributed by atoms with E-state index in [9.17, 15) is 0 Å². The van der Waals surface area contributed by atoms with E-state index >= 15 is 0 Å². The maximum atomic E-state index is 4.83. The maximum Gasteiger partial charge on any atom is 0.112 e. The second kappa shape index (κ2) is 3.63. The zero-order valence-corrected chi connectivity index (χ0v) is 9.34. The first kappa shape index (κ1) is 9.40. The highest BCUT2D eigenvalue weighted by molar-refractivity contribution is 5.23. The van der Waals surface area contributed by atoms with Gasteiger partial charge in [0, 0.05) is 30.6 Å². The van der Waals surface area contributed by atoms with Crippen molar-refractivity contribution in [2.75, 3.05) is 13.1 Å². The zero-order chi connectivity index (χ0) is 10.3. The molecule has 0 atom stereocenters. The van der Waals surface area contributed by atoms with Gasteiger partial charge in [-0.05, 0) is 19.3 Å². The molecule has 0 amide bonds. The van der Waals surface area contributed by atoms with E-state index in [-0.39, 0.29) is 0 Å². The van der Waals surface area contributed by atoms with Gasteiger partial charge in [-0.15, -0.1) is 0 Å².